The molecule has 0 aromatic heterocycles. The first-order chi connectivity index (χ1) is 4.98. The van der Waals surface area contributed by atoms with Gasteiger partial charge in [-0.05, 0) is 11.8 Å². The van der Waals surface area contributed by atoms with Crippen LogP contribution < -0.4 is 0 Å². The molecule has 1 N–H and O–H groups in total. The van der Waals surface area contributed by atoms with Gasteiger partial charge in [0, 0.05) is 11.3 Å². The van der Waals surface area contributed by atoms with E-state index in [0.29, 0.717) is 5.92 Å². The van der Waals surface area contributed by atoms with Gasteiger partial charge in [-0.25, -0.2) is 0 Å². The predicted octanol–water partition coefficient (Wildman–Crippen LogP) is 0.838. The quantitative estimate of drug-likeness (QED) is 0.561. The zero-order valence-electron chi connectivity index (χ0n) is 7.16. The maximum absolute atomic E-state index is 11.5. The topological polar surface area (TPSA) is 37.3 Å². The first kappa shape index (κ1) is 7.29. The molecular weight excluding hydrogens is 140 g/mol. The number of hydrogen-bond donors (Lipinski definition) is 1. The van der Waals surface area contributed by atoms with E-state index in [0.717, 1.165) is 0 Å². The SMILES string of the molecule is CC1C2C(=O)C(C)(C)C(O)C12. The van der Waals surface area contributed by atoms with E-state index in [2.05, 4.69) is 0 Å². The van der Waals surface area contributed by atoms with Crippen molar-refractivity contribution in [2.45, 2.75) is 26.9 Å². The molecule has 0 spiro atoms. The van der Waals surface area contributed by atoms with Crippen LogP contribution >= 0.6 is 0 Å². The molecular formula is C9H14O2. The van der Waals surface area contributed by atoms with E-state index < -0.39 is 11.5 Å². The predicted molar refractivity (Wildman–Crippen MR) is 40.9 cm³/mol. The molecule has 2 heteroatoms. The Labute approximate surface area is 66.6 Å². The van der Waals surface area contributed by atoms with Gasteiger partial charge in [-0.2, -0.15) is 0 Å². The zero-order chi connectivity index (χ0) is 8.39. The number of fused-ring (bicyclic) bond motifs is 1. The van der Waals surface area contributed by atoms with E-state index >= 15 is 0 Å². The summed E-state index contributed by atoms with van der Waals surface area (Å²) in [4.78, 5) is 11.5. The van der Waals surface area contributed by atoms with Gasteiger partial charge in [0.15, 0.2) is 0 Å². The lowest BCUT2D eigenvalue weighted by Crippen LogP contribution is -2.34. The largest absolute Gasteiger partial charge is 0.392 e. The third-order valence-corrected chi connectivity index (χ3v) is 3.49. The normalized spacial score (nSPS) is 52.5. The molecule has 0 saturated heterocycles. The van der Waals surface area contributed by atoms with Crippen molar-refractivity contribution in [2.75, 3.05) is 0 Å². The molecule has 0 aromatic rings. The molecule has 4 unspecified atom stereocenters. The molecule has 2 saturated carbocycles. The van der Waals surface area contributed by atoms with Crippen LogP contribution in [0.15, 0.2) is 0 Å². The number of rotatable bonds is 0. The lowest BCUT2D eigenvalue weighted by atomic mass is 9.83. The van der Waals surface area contributed by atoms with E-state index in [-0.39, 0.29) is 17.6 Å². The zero-order valence-corrected chi connectivity index (χ0v) is 7.16. The molecule has 62 valence electrons. The van der Waals surface area contributed by atoms with Crippen LogP contribution in [0.2, 0.25) is 0 Å². The summed E-state index contributed by atoms with van der Waals surface area (Å²) in [6, 6.07) is 0. The highest BCUT2D eigenvalue weighted by molar-refractivity contribution is 5.93. The van der Waals surface area contributed by atoms with E-state index in [1.165, 1.54) is 0 Å². The van der Waals surface area contributed by atoms with E-state index in [9.17, 15) is 9.90 Å². The molecule has 2 fully saturated rings. The molecule has 0 radical (unpaired) electrons. The average Bonchev–Trinajstić information content (AvgIpc) is 2.52. The Balaban J connectivity index is 2.30. The Hall–Kier alpha value is -0.370. The number of ketones is 1. The molecule has 2 rings (SSSR count). The van der Waals surface area contributed by atoms with Crippen LogP contribution in [0.25, 0.3) is 0 Å². The smallest absolute Gasteiger partial charge is 0.144 e. The molecule has 0 heterocycles. The van der Waals surface area contributed by atoms with Crippen molar-refractivity contribution in [3.63, 3.8) is 0 Å². The minimum Gasteiger partial charge on any atom is -0.392 e. The van der Waals surface area contributed by atoms with Crippen molar-refractivity contribution < 1.29 is 9.90 Å². The molecule has 4 atom stereocenters. The van der Waals surface area contributed by atoms with Gasteiger partial charge < -0.3 is 5.11 Å². The standard InChI is InChI=1S/C9H14O2/c1-4-5-6(4)8(11)9(2,3)7(5)10/h4-7,10H,1-3H3. The van der Waals surface area contributed by atoms with Gasteiger partial charge in [0.2, 0.25) is 0 Å². The van der Waals surface area contributed by atoms with Crippen LogP contribution in [0, 0.1) is 23.2 Å². The highest BCUT2D eigenvalue weighted by atomic mass is 16.3. The molecule has 11 heavy (non-hydrogen) atoms. The maximum atomic E-state index is 11.5. The molecule has 2 nitrogen and oxygen atoms in total. The van der Waals surface area contributed by atoms with Gasteiger partial charge >= 0.3 is 0 Å². The second kappa shape index (κ2) is 1.69. The monoisotopic (exact) mass is 154 g/mol. The first-order valence-electron chi connectivity index (χ1n) is 4.20. The second-order valence-electron chi connectivity index (χ2n) is 4.49. The molecule has 2 aliphatic rings. The Morgan fingerprint density at radius 3 is 2.27 bits per heavy atom. The summed E-state index contributed by atoms with van der Waals surface area (Å²) in [6.07, 6.45) is -0.394. The van der Waals surface area contributed by atoms with Crippen molar-refractivity contribution in [3.8, 4) is 0 Å². The summed E-state index contributed by atoms with van der Waals surface area (Å²) in [5.74, 6) is 1.16. The van der Waals surface area contributed by atoms with Gasteiger partial charge in [-0.15, -0.1) is 0 Å². The van der Waals surface area contributed by atoms with Crippen LogP contribution in [-0.4, -0.2) is 17.0 Å². The number of hydrogen-bond acceptors (Lipinski definition) is 2. The lowest BCUT2D eigenvalue weighted by Gasteiger charge is -2.24. The second-order valence-corrected chi connectivity index (χ2v) is 4.49. The van der Waals surface area contributed by atoms with Crippen LogP contribution in [-0.2, 0) is 4.79 Å². The van der Waals surface area contributed by atoms with Crippen LogP contribution in [0.1, 0.15) is 20.8 Å². The third kappa shape index (κ3) is 0.639. The van der Waals surface area contributed by atoms with Gasteiger partial charge in [-0.1, -0.05) is 20.8 Å². The van der Waals surface area contributed by atoms with Crippen LogP contribution in [0.3, 0.4) is 0 Å². The van der Waals surface area contributed by atoms with E-state index in [1.54, 1.807) is 0 Å². The van der Waals surface area contributed by atoms with Gasteiger partial charge in [0.05, 0.1) is 6.10 Å². The fourth-order valence-electron chi connectivity index (χ4n) is 2.45. The number of aliphatic hydroxyl groups excluding tert-OH is 1. The minimum atomic E-state index is -0.470. The molecule has 0 aromatic carbocycles. The Morgan fingerprint density at radius 2 is 2.00 bits per heavy atom. The average molecular weight is 154 g/mol. The highest BCUT2D eigenvalue weighted by Crippen LogP contribution is 2.61. The van der Waals surface area contributed by atoms with Crippen LogP contribution in [0.5, 0.6) is 0 Å². The first-order valence-corrected chi connectivity index (χ1v) is 4.20. The number of Topliss-reactive ketones (excluding diaryl/α,β-unsaturated/α-hetero) is 1. The summed E-state index contributed by atoms with van der Waals surface area (Å²) < 4.78 is 0. The number of carbonyl (C=O) groups excluding carboxylic acids is 1. The lowest BCUT2D eigenvalue weighted by molar-refractivity contribution is -0.130. The Bertz CT molecular complexity index is 220. The summed E-state index contributed by atoms with van der Waals surface area (Å²) in [5.41, 5.74) is -0.470. The Morgan fingerprint density at radius 1 is 1.45 bits per heavy atom. The van der Waals surface area contributed by atoms with E-state index in [1.807, 2.05) is 20.8 Å². The highest BCUT2D eigenvalue weighted by Gasteiger charge is 2.67. The number of aliphatic hydroxyl groups is 1. The summed E-state index contributed by atoms with van der Waals surface area (Å²) in [7, 11) is 0. The molecule has 0 amide bonds. The fourth-order valence-corrected chi connectivity index (χ4v) is 2.45. The minimum absolute atomic E-state index is 0.181. The fraction of sp³-hybridized carbons (Fsp3) is 0.889. The molecule has 0 aliphatic heterocycles. The summed E-state index contributed by atoms with van der Waals surface area (Å²) in [6.45, 7) is 5.74. The Kier molecular flexibility index (Phi) is 1.12. The van der Waals surface area contributed by atoms with Crippen molar-refractivity contribution >= 4 is 5.78 Å². The van der Waals surface area contributed by atoms with Crippen LogP contribution in [0.4, 0.5) is 0 Å². The molecule has 0 bridgehead atoms. The summed E-state index contributed by atoms with van der Waals surface area (Å²) in [5, 5.41) is 9.69. The van der Waals surface area contributed by atoms with Gasteiger partial charge in [-0.3, -0.25) is 4.79 Å². The van der Waals surface area contributed by atoms with Crippen molar-refractivity contribution in [3.05, 3.63) is 0 Å². The third-order valence-electron chi connectivity index (χ3n) is 3.49. The van der Waals surface area contributed by atoms with Crippen molar-refractivity contribution in [1.82, 2.24) is 0 Å². The van der Waals surface area contributed by atoms with Gasteiger partial charge in [0.25, 0.3) is 0 Å². The van der Waals surface area contributed by atoms with Crippen molar-refractivity contribution in [2.24, 2.45) is 23.2 Å². The van der Waals surface area contributed by atoms with Crippen molar-refractivity contribution in [1.29, 1.82) is 0 Å². The summed E-state index contributed by atoms with van der Waals surface area (Å²) >= 11 is 0. The molecule has 2 aliphatic carbocycles. The van der Waals surface area contributed by atoms with E-state index in [4.69, 9.17) is 0 Å². The van der Waals surface area contributed by atoms with Gasteiger partial charge in [0.1, 0.15) is 5.78 Å². The number of carbonyl (C=O) groups is 1. The maximum Gasteiger partial charge on any atom is 0.144 e.